The minimum atomic E-state index is -0.480. The Hall–Kier alpha value is -3.64. The molecule has 0 aliphatic heterocycles. The van der Waals surface area contributed by atoms with Crippen molar-refractivity contribution in [2.45, 2.75) is 6.92 Å². The van der Waals surface area contributed by atoms with Gasteiger partial charge in [0.1, 0.15) is 0 Å². The van der Waals surface area contributed by atoms with Crippen LogP contribution in [0.25, 0.3) is 0 Å². The number of carbonyl (C=O) groups is 2. The molecule has 0 atom stereocenters. The van der Waals surface area contributed by atoms with E-state index in [-0.39, 0.29) is 5.91 Å². The van der Waals surface area contributed by atoms with Crippen LogP contribution in [0, 0.1) is 0 Å². The molecule has 0 aliphatic carbocycles. The molecule has 0 spiro atoms. The summed E-state index contributed by atoms with van der Waals surface area (Å²) in [6, 6.07) is 20.2. The molecule has 1 amide bonds. The number of carbonyl (C=O) groups excluding carboxylic acids is 2. The number of halogens is 1. The maximum Gasteiger partial charge on any atom is 0.343 e. The zero-order valence-electron chi connectivity index (χ0n) is 16.2. The Bertz CT molecular complexity index is 1070. The van der Waals surface area contributed by atoms with Crippen LogP contribution in [0.15, 0.2) is 77.9 Å². The van der Waals surface area contributed by atoms with Crippen LogP contribution in [-0.4, -0.2) is 24.7 Å². The van der Waals surface area contributed by atoms with E-state index in [0.29, 0.717) is 39.8 Å². The summed E-state index contributed by atoms with van der Waals surface area (Å²) in [5.41, 5.74) is 3.94. The van der Waals surface area contributed by atoms with Gasteiger partial charge in [0.15, 0.2) is 11.5 Å². The second kappa shape index (κ2) is 10.2. The van der Waals surface area contributed by atoms with Crippen LogP contribution < -0.4 is 14.9 Å². The molecule has 0 heterocycles. The third kappa shape index (κ3) is 5.68. The van der Waals surface area contributed by atoms with E-state index < -0.39 is 5.97 Å². The molecule has 1 N–H and O–H groups in total. The molecule has 0 aliphatic rings. The fraction of sp³-hybridized carbons (Fsp3) is 0.0870. The largest absolute Gasteiger partial charge is 0.490 e. The van der Waals surface area contributed by atoms with E-state index in [9.17, 15) is 9.59 Å². The SMILES string of the molecule is CCOc1cc(C=NNC(=O)c2cccc(Cl)c2)ccc1OC(=O)c1ccccc1. The molecule has 3 aromatic rings. The summed E-state index contributed by atoms with van der Waals surface area (Å²) in [6.07, 6.45) is 1.47. The van der Waals surface area contributed by atoms with E-state index in [4.69, 9.17) is 21.1 Å². The number of hydrogen-bond donors (Lipinski definition) is 1. The smallest absolute Gasteiger partial charge is 0.343 e. The van der Waals surface area contributed by atoms with Crippen molar-refractivity contribution >= 4 is 29.7 Å². The summed E-state index contributed by atoms with van der Waals surface area (Å²) in [6.45, 7) is 2.22. The van der Waals surface area contributed by atoms with Gasteiger partial charge < -0.3 is 9.47 Å². The molecule has 0 saturated heterocycles. The Morgan fingerprint density at radius 3 is 2.47 bits per heavy atom. The second-order valence-corrected chi connectivity index (χ2v) is 6.54. The molecule has 0 radical (unpaired) electrons. The van der Waals surface area contributed by atoms with Crippen LogP contribution in [0.2, 0.25) is 5.02 Å². The zero-order chi connectivity index (χ0) is 21.3. The lowest BCUT2D eigenvalue weighted by Gasteiger charge is -2.11. The van der Waals surface area contributed by atoms with Crippen LogP contribution in [-0.2, 0) is 0 Å². The first-order chi connectivity index (χ1) is 14.6. The highest BCUT2D eigenvalue weighted by molar-refractivity contribution is 6.30. The summed E-state index contributed by atoms with van der Waals surface area (Å²) in [7, 11) is 0. The van der Waals surface area contributed by atoms with Crippen LogP contribution in [0.5, 0.6) is 11.5 Å². The molecule has 0 saturated carbocycles. The van der Waals surface area contributed by atoms with E-state index in [2.05, 4.69) is 10.5 Å². The van der Waals surface area contributed by atoms with E-state index in [0.717, 1.165) is 0 Å². The maximum atomic E-state index is 12.3. The van der Waals surface area contributed by atoms with Gasteiger partial charge in [-0.3, -0.25) is 4.79 Å². The maximum absolute atomic E-state index is 12.3. The zero-order valence-corrected chi connectivity index (χ0v) is 16.9. The van der Waals surface area contributed by atoms with Crippen LogP contribution in [0.1, 0.15) is 33.2 Å². The molecule has 3 rings (SSSR count). The van der Waals surface area contributed by atoms with Crippen LogP contribution in [0.3, 0.4) is 0 Å². The van der Waals surface area contributed by atoms with Gasteiger partial charge in [-0.2, -0.15) is 5.10 Å². The highest BCUT2D eigenvalue weighted by atomic mass is 35.5. The van der Waals surface area contributed by atoms with Gasteiger partial charge in [0.05, 0.1) is 18.4 Å². The number of nitrogens with one attached hydrogen (secondary N) is 1. The summed E-state index contributed by atoms with van der Waals surface area (Å²) < 4.78 is 11.0. The van der Waals surface area contributed by atoms with Gasteiger partial charge >= 0.3 is 5.97 Å². The molecule has 6 nitrogen and oxygen atoms in total. The first kappa shape index (κ1) is 21.1. The minimum absolute atomic E-state index is 0.297. The molecular weight excluding hydrogens is 404 g/mol. The first-order valence-electron chi connectivity index (χ1n) is 9.20. The number of hydrogen-bond acceptors (Lipinski definition) is 5. The van der Waals surface area contributed by atoms with E-state index in [1.165, 1.54) is 6.21 Å². The average molecular weight is 423 g/mol. The van der Waals surface area contributed by atoms with Crippen molar-refractivity contribution in [1.82, 2.24) is 5.43 Å². The van der Waals surface area contributed by atoms with E-state index >= 15 is 0 Å². The van der Waals surface area contributed by atoms with Gasteiger partial charge in [-0.25, -0.2) is 10.2 Å². The lowest BCUT2D eigenvalue weighted by Crippen LogP contribution is -2.17. The molecule has 0 aromatic heterocycles. The van der Waals surface area contributed by atoms with Crippen LogP contribution >= 0.6 is 11.6 Å². The number of hydrazone groups is 1. The standard InChI is InChI=1S/C23H19ClN2O4/c1-2-29-21-13-16(15-25-26-22(27)18-9-6-10-19(24)14-18)11-12-20(21)30-23(28)17-7-4-3-5-8-17/h3-15H,2H2,1H3,(H,26,27). The molecule has 30 heavy (non-hydrogen) atoms. The van der Waals surface area contributed by atoms with Crippen molar-refractivity contribution in [3.8, 4) is 11.5 Å². The highest BCUT2D eigenvalue weighted by Gasteiger charge is 2.13. The number of amides is 1. The van der Waals surface area contributed by atoms with Gasteiger partial charge in [0, 0.05) is 10.6 Å². The molecule has 152 valence electrons. The average Bonchev–Trinajstić information content (AvgIpc) is 2.76. The Kier molecular flexibility index (Phi) is 7.19. The lowest BCUT2D eigenvalue weighted by atomic mass is 10.2. The fourth-order valence-corrected chi connectivity index (χ4v) is 2.74. The van der Waals surface area contributed by atoms with Gasteiger partial charge in [-0.1, -0.05) is 35.9 Å². The number of benzene rings is 3. The van der Waals surface area contributed by atoms with Crippen molar-refractivity contribution in [3.63, 3.8) is 0 Å². The van der Waals surface area contributed by atoms with Crippen molar-refractivity contribution < 1.29 is 19.1 Å². The van der Waals surface area contributed by atoms with E-state index in [1.807, 2.05) is 13.0 Å². The summed E-state index contributed by atoms with van der Waals surface area (Å²) >= 11 is 5.89. The summed E-state index contributed by atoms with van der Waals surface area (Å²) in [4.78, 5) is 24.4. The van der Waals surface area contributed by atoms with Gasteiger partial charge in [0.2, 0.25) is 0 Å². The normalized spacial score (nSPS) is 10.6. The van der Waals surface area contributed by atoms with Gasteiger partial charge in [0.25, 0.3) is 5.91 Å². The Morgan fingerprint density at radius 2 is 1.73 bits per heavy atom. The van der Waals surface area contributed by atoms with Gasteiger partial charge in [-0.05, 0) is 61.0 Å². The highest BCUT2D eigenvalue weighted by Crippen LogP contribution is 2.29. The van der Waals surface area contributed by atoms with Crippen molar-refractivity contribution in [3.05, 3.63) is 94.5 Å². The number of esters is 1. The topological polar surface area (TPSA) is 77.0 Å². The number of nitrogens with zero attached hydrogens (tertiary/aromatic N) is 1. The van der Waals surface area contributed by atoms with Gasteiger partial charge in [-0.15, -0.1) is 0 Å². The summed E-state index contributed by atoms with van der Waals surface area (Å²) in [5.74, 6) is -0.170. The Labute approximate surface area is 179 Å². The molecule has 0 unspecified atom stereocenters. The fourth-order valence-electron chi connectivity index (χ4n) is 2.55. The Morgan fingerprint density at radius 1 is 0.967 bits per heavy atom. The third-order valence-electron chi connectivity index (χ3n) is 3.95. The first-order valence-corrected chi connectivity index (χ1v) is 9.57. The molecule has 0 fully saturated rings. The molecule has 7 heteroatoms. The van der Waals surface area contributed by atoms with Crippen molar-refractivity contribution in [1.29, 1.82) is 0 Å². The predicted octanol–water partition coefficient (Wildman–Crippen LogP) is 4.72. The van der Waals surface area contributed by atoms with E-state index in [1.54, 1.807) is 66.7 Å². The quantitative estimate of drug-likeness (QED) is 0.258. The summed E-state index contributed by atoms with van der Waals surface area (Å²) in [5, 5.41) is 4.42. The number of ether oxygens (including phenoxy) is 2. The molecule has 0 bridgehead atoms. The number of rotatable bonds is 7. The van der Waals surface area contributed by atoms with Crippen molar-refractivity contribution in [2.24, 2.45) is 5.10 Å². The third-order valence-corrected chi connectivity index (χ3v) is 4.18. The predicted molar refractivity (Wildman–Crippen MR) is 116 cm³/mol. The van der Waals surface area contributed by atoms with Crippen LogP contribution in [0.4, 0.5) is 0 Å². The lowest BCUT2D eigenvalue weighted by molar-refractivity contribution is 0.0728. The molecular formula is C23H19ClN2O4. The second-order valence-electron chi connectivity index (χ2n) is 6.10. The molecule has 3 aromatic carbocycles. The van der Waals surface area contributed by atoms with Crippen molar-refractivity contribution in [2.75, 3.05) is 6.61 Å². The minimum Gasteiger partial charge on any atom is -0.490 e. The Balaban J connectivity index is 1.70. The monoisotopic (exact) mass is 422 g/mol.